The van der Waals surface area contributed by atoms with Gasteiger partial charge in [0.1, 0.15) is 5.69 Å². The average molecular weight is 298 g/mol. The Morgan fingerprint density at radius 2 is 2.18 bits per heavy atom. The molecule has 0 radical (unpaired) electrons. The highest BCUT2D eigenvalue weighted by Crippen LogP contribution is 2.39. The van der Waals surface area contributed by atoms with Crippen molar-refractivity contribution in [3.05, 3.63) is 30.2 Å². The topological polar surface area (TPSA) is 61.0 Å². The molecule has 5 heteroatoms. The summed E-state index contributed by atoms with van der Waals surface area (Å²) in [6.07, 6.45) is 5.97. The van der Waals surface area contributed by atoms with Crippen LogP contribution in [0.1, 0.15) is 37.2 Å². The van der Waals surface area contributed by atoms with E-state index in [0.717, 1.165) is 24.0 Å². The van der Waals surface area contributed by atoms with Crippen LogP contribution in [0.15, 0.2) is 24.5 Å². The molecule has 2 aromatic heterocycles. The number of H-pyrrole nitrogens is 1. The highest BCUT2D eigenvalue weighted by Gasteiger charge is 2.48. The second-order valence-corrected chi connectivity index (χ2v) is 7.06. The van der Waals surface area contributed by atoms with Crippen LogP contribution in [0.25, 0.3) is 10.9 Å². The molecule has 3 aliphatic heterocycles. The lowest BCUT2D eigenvalue weighted by Crippen LogP contribution is -2.69. The van der Waals surface area contributed by atoms with Gasteiger partial charge in [-0.1, -0.05) is 0 Å². The van der Waals surface area contributed by atoms with Crippen molar-refractivity contribution < 1.29 is 4.79 Å². The molecule has 2 N–H and O–H groups in total. The maximum atomic E-state index is 12.6. The molecule has 5 nitrogen and oxygen atoms in total. The van der Waals surface area contributed by atoms with Crippen molar-refractivity contribution >= 4 is 16.8 Å². The highest BCUT2D eigenvalue weighted by molar-refractivity contribution is 5.95. The third-order valence-corrected chi connectivity index (χ3v) is 5.54. The molecule has 22 heavy (non-hydrogen) atoms. The highest BCUT2D eigenvalue weighted by atomic mass is 16.2. The van der Waals surface area contributed by atoms with E-state index in [0.29, 0.717) is 11.6 Å². The summed E-state index contributed by atoms with van der Waals surface area (Å²) in [5.74, 6) is 0.515. The number of rotatable bonds is 2. The number of aromatic amines is 1. The molecule has 0 aromatic carbocycles. The van der Waals surface area contributed by atoms with Crippen molar-refractivity contribution in [2.45, 2.75) is 38.3 Å². The Bertz CT molecular complexity index is 712. The van der Waals surface area contributed by atoms with Crippen LogP contribution in [0.4, 0.5) is 0 Å². The SMILES string of the molecule is CC1(C)[C@@H](NC(=O)c2cc3[nH]ccc3cn2)C2CCN1CC2. The molecule has 2 aromatic rings. The number of carbonyl (C=O) groups is 1. The predicted octanol–water partition coefficient (Wildman–Crippen LogP) is 2.17. The molecule has 0 saturated carbocycles. The van der Waals surface area contributed by atoms with Crippen molar-refractivity contribution in [2.75, 3.05) is 13.1 Å². The maximum Gasteiger partial charge on any atom is 0.270 e. The predicted molar refractivity (Wildman–Crippen MR) is 85.7 cm³/mol. The average Bonchev–Trinajstić information content (AvgIpc) is 2.98. The van der Waals surface area contributed by atoms with E-state index >= 15 is 0 Å². The smallest absolute Gasteiger partial charge is 0.270 e. The number of aromatic nitrogens is 2. The summed E-state index contributed by atoms with van der Waals surface area (Å²) in [4.78, 5) is 22.6. The number of nitrogens with one attached hydrogen (secondary N) is 2. The zero-order chi connectivity index (χ0) is 15.3. The minimum Gasteiger partial charge on any atom is -0.361 e. The van der Waals surface area contributed by atoms with Crippen LogP contribution < -0.4 is 5.32 Å². The van der Waals surface area contributed by atoms with Gasteiger partial charge >= 0.3 is 0 Å². The Kier molecular flexibility index (Phi) is 3.01. The van der Waals surface area contributed by atoms with E-state index in [1.807, 2.05) is 18.3 Å². The Morgan fingerprint density at radius 1 is 1.41 bits per heavy atom. The van der Waals surface area contributed by atoms with E-state index in [2.05, 4.69) is 34.0 Å². The van der Waals surface area contributed by atoms with E-state index in [1.165, 1.54) is 12.8 Å². The number of nitrogens with zero attached hydrogens (tertiary/aromatic N) is 2. The van der Waals surface area contributed by atoms with Crippen molar-refractivity contribution in [3.63, 3.8) is 0 Å². The van der Waals surface area contributed by atoms with Crippen LogP contribution in [-0.2, 0) is 0 Å². The van der Waals surface area contributed by atoms with Crippen LogP contribution in [0.2, 0.25) is 0 Å². The summed E-state index contributed by atoms with van der Waals surface area (Å²) < 4.78 is 0. The summed E-state index contributed by atoms with van der Waals surface area (Å²) in [6, 6.07) is 3.99. The third-order valence-electron chi connectivity index (χ3n) is 5.54. The van der Waals surface area contributed by atoms with Crippen LogP contribution >= 0.6 is 0 Å². The molecule has 5 rings (SSSR count). The Morgan fingerprint density at radius 3 is 2.91 bits per heavy atom. The number of piperidine rings is 3. The van der Waals surface area contributed by atoms with Crippen molar-refractivity contribution in [3.8, 4) is 0 Å². The standard InChI is InChI=1S/C17H22N4O/c1-17(2)15(11-4-7-21(17)8-5-11)20-16(22)14-9-13-12(10-19-14)3-6-18-13/h3,6,9-11,15,18H,4-5,7-8H2,1-2H3,(H,20,22)/t15-/m0/s1. The fourth-order valence-electron chi connectivity index (χ4n) is 4.16. The molecule has 3 saturated heterocycles. The molecule has 0 spiro atoms. The molecule has 0 unspecified atom stereocenters. The minimum absolute atomic E-state index is 0.0212. The molecule has 3 fully saturated rings. The van der Waals surface area contributed by atoms with E-state index in [-0.39, 0.29) is 17.5 Å². The van der Waals surface area contributed by atoms with Gasteiger partial charge in [0.15, 0.2) is 0 Å². The molecule has 116 valence electrons. The third kappa shape index (κ3) is 2.03. The Hall–Kier alpha value is -1.88. The first kappa shape index (κ1) is 13.8. The molecule has 1 atom stereocenters. The molecule has 5 heterocycles. The first-order chi connectivity index (χ1) is 10.6. The van der Waals surface area contributed by atoms with E-state index < -0.39 is 0 Å². The van der Waals surface area contributed by atoms with Crippen molar-refractivity contribution in [1.29, 1.82) is 0 Å². The van der Waals surface area contributed by atoms with Gasteiger partial charge in [-0.15, -0.1) is 0 Å². The van der Waals surface area contributed by atoms with Gasteiger partial charge < -0.3 is 10.3 Å². The number of amides is 1. The Balaban J connectivity index is 1.58. The second kappa shape index (κ2) is 4.81. The summed E-state index contributed by atoms with van der Waals surface area (Å²) in [5, 5.41) is 4.28. The fraction of sp³-hybridized carbons (Fsp3) is 0.529. The summed E-state index contributed by atoms with van der Waals surface area (Å²) >= 11 is 0. The summed E-state index contributed by atoms with van der Waals surface area (Å²) in [7, 11) is 0. The van der Waals surface area contributed by atoms with Crippen LogP contribution in [0.5, 0.6) is 0 Å². The van der Waals surface area contributed by atoms with Gasteiger partial charge in [-0.3, -0.25) is 14.7 Å². The van der Waals surface area contributed by atoms with Gasteiger partial charge in [-0.25, -0.2) is 0 Å². The molecule has 0 aliphatic carbocycles. The van der Waals surface area contributed by atoms with Gasteiger partial charge in [-0.2, -0.15) is 0 Å². The van der Waals surface area contributed by atoms with E-state index in [4.69, 9.17) is 0 Å². The van der Waals surface area contributed by atoms with Gasteiger partial charge in [0.25, 0.3) is 5.91 Å². The summed E-state index contributed by atoms with van der Waals surface area (Å²) in [5.41, 5.74) is 1.46. The lowest BCUT2D eigenvalue weighted by atomic mass is 9.72. The first-order valence-corrected chi connectivity index (χ1v) is 8.05. The quantitative estimate of drug-likeness (QED) is 0.893. The Labute approximate surface area is 130 Å². The molecule has 1 amide bonds. The first-order valence-electron chi connectivity index (χ1n) is 8.05. The lowest BCUT2D eigenvalue weighted by molar-refractivity contribution is -0.0378. The maximum absolute atomic E-state index is 12.6. The van der Waals surface area contributed by atoms with E-state index in [9.17, 15) is 4.79 Å². The van der Waals surface area contributed by atoms with Gasteiger partial charge in [-0.05, 0) is 57.8 Å². The zero-order valence-corrected chi connectivity index (χ0v) is 13.1. The van der Waals surface area contributed by atoms with Crippen molar-refractivity contribution in [1.82, 2.24) is 20.2 Å². The monoisotopic (exact) mass is 298 g/mol. The number of carbonyl (C=O) groups excluding carboxylic acids is 1. The lowest BCUT2D eigenvalue weighted by Gasteiger charge is -2.56. The number of pyridine rings is 1. The zero-order valence-electron chi connectivity index (χ0n) is 13.1. The molecule has 3 aliphatic rings. The van der Waals surface area contributed by atoms with Gasteiger partial charge in [0, 0.05) is 34.9 Å². The van der Waals surface area contributed by atoms with Gasteiger partial charge in [0.2, 0.25) is 0 Å². The summed E-state index contributed by atoms with van der Waals surface area (Å²) in [6.45, 7) is 6.78. The normalized spacial score (nSPS) is 29.6. The van der Waals surface area contributed by atoms with E-state index in [1.54, 1.807) is 6.20 Å². The number of hydrogen-bond donors (Lipinski definition) is 2. The van der Waals surface area contributed by atoms with Crippen LogP contribution in [-0.4, -0.2) is 45.4 Å². The van der Waals surface area contributed by atoms with Crippen LogP contribution in [0.3, 0.4) is 0 Å². The second-order valence-electron chi connectivity index (χ2n) is 7.06. The molecule has 2 bridgehead atoms. The van der Waals surface area contributed by atoms with Gasteiger partial charge in [0.05, 0.1) is 0 Å². The number of fused-ring (bicyclic) bond motifs is 4. The molecular formula is C17H22N4O. The molecular weight excluding hydrogens is 276 g/mol. The number of hydrogen-bond acceptors (Lipinski definition) is 3. The minimum atomic E-state index is -0.0664. The van der Waals surface area contributed by atoms with Crippen LogP contribution in [0, 0.1) is 5.92 Å². The largest absolute Gasteiger partial charge is 0.361 e. The fourth-order valence-corrected chi connectivity index (χ4v) is 4.16. The van der Waals surface area contributed by atoms with Crippen molar-refractivity contribution in [2.24, 2.45) is 5.92 Å².